The van der Waals surface area contributed by atoms with Gasteiger partial charge in [0.25, 0.3) is 0 Å². The van der Waals surface area contributed by atoms with Crippen molar-refractivity contribution < 1.29 is 0 Å². The van der Waals surface area contributed by atoms with Crippen molar-refractivity contribution in [2.45, 2.75) is 0 Å². The predicted molar refractivity (Wildman–Crippen MR) is 242 cm³/mol. The van der Waals surface area contributed by atoms with E-state index in [1.54, 1.807) is 0 Å². The van der Waals surface area contributed by atoms with Crippen LogP contribution in [0.15, 0.2) is 212 Å². The highest BCUT2D eigenvalue weighted by atomic mass is 15.0. The van der Waals surface area contributed by atoms with Crippen LogP contribution in [-0.2, 0) is 0 Å². The molecule has 3 heteroatoms. The minimum atomic E-state index is 0.637. The number of hydrogen-bond donors (Lipinski definition) is 0. The van der Waals surface area contributed by atoms with E-state index in [9.17, 15) is 0 Å². The molecule has 11 rings (SSSR count). The van der Waals surface area contributed by atoms with Gasteiger partial charge in [-0.25, -0.2) is 15.0 Å². The van der Waals surface area contributed by atoms with Crippen LogP contribution in [0, 0.1) is 0 Å². The monoisotopic (exact) mass is 737 g/mol. The first kappa shape index (κ1) is 33.6. The summed E-state index contributed by atoms with van der Waals surface area (Å²) < 4.78 is 0. The van der Waals surface area contributed by atoms with Gasteiger partial charge in [-0.15, -0.1) is 0 Å². The number of benzene rings is 10. The van der Waals surface area contributed by atoms with Gasteiger partial charge in [0.15, 0.2) is 17.5 Å². The standard InChI is InChI=1S/C55H35N3/c1-3-15-36(16-4-1)38-27-30-40(31-28-38)54-56-53(39-18-5-2-6-19-39)57-55(58-54)50-34-33-49(43-21-9-10-22-44(43)50)52-47-25-13-11-23-45(47)51(46-24-12-14-26-48(46)52)42-32-29-37-17-7-8-20-41(37)35-42/h1-35H. The van der Waals surface area contributed by atoms with Crippen LogP contribution in [-0.4, -0.2) is 15.0 Å². The zero-order chi connectivity index (χ0) is 38.4. The van der Waals surface area contributed by atoms with Crippen molar-refractivity contribution >= 4 is 43.1 Å². The van der Waals surface area contributed by atoms with E-state index in [2.05, 4.69) is 188 Å². The molecule has 0 amide bonds. The highest BCUT2D eigenvalue weighted by Gasteiger charge is 2.21. The lowest BCUT2D eigenvalue weighted by Gasteiger charge is -2.20. The number of hydrogen-bond acceptors (Lipinski definition) is 3. The Morgan fingerprint density at radius 1 is 0.224 bits per heavy atom. The molecule has 0 spiro atoms. The van der Waals surface area contributed by atoms with E-state index in [1.807, 2.05) is 24.3 Å². The lowest BCUT2D eigenvalue weighted by molar-refractivity contribution is 1.08. The normalized spacial score (nSPS) is 11.4. The van der Waals surface area contributed by atoms with Gasteiger partial charge in [0.2, 0.25) is 0 Å². The molecule has 270 valence electrons. The van der Waals surface area contributed by atoms with E-state index in [0.717, 1.165) is 33.0 Å². The molecule has 0 N–H and O–H groups in total. The van der Waals surface area contributed by atoms with Crippen molar-refractivity contribution in [1.82, 2.24) is 15.0 Å². The zero-order valence-electron chi connectivity index (χ0n) is 31.5. The van der Waals surface area contributed by atoms with Crippen LogP contribution in [0.5, 0.6) is 0 Å². The minimum absolute atomic E-state index is 0.637. The Morgan fingerprint density at radius 3 is 1.24 bits per heavy atom. The van der Waals surface area contributed by atoms with E-state index in [1.165, 1.54) is 60.1 Å². The molecule has 0 aliphatic rings. The SMILES string of the molecule is c1ccc(-c2ccc(-c3nc(-c4ccccc4)nc(-c4ccc(-c5c6ccccc6c(-c6ccc7ccccc7c6)c6ccccc56)c5ccccc45)n3)cc2)cc1. The molecule has 0 saturated carbocycles. The molecular formula is C55H35N3. The second-order valence-electron chi connectivity index (χ2n) is 14.7. The van der Waals surface area contributed by atoms with Crippen molar-refractivity contribution in [2.75, 3.05) is 0 Å². The molecule has 1 heterocycles. The Bertz CT molecular complexity index is 3260. The maximum absolute atomic E-state index is 5.20. The van der Waals surface area contributed by atoms with Gasteiger partial charge in [-0.05, 0) is 88.6 Å². The van der Waals surface area contributed by atoms with Gasteiger partial charge in [-0.3, -0.25) is 0 Å². The molecule has 0 unspecified atom stereocenters. The first-order valence-corrected chi connectivity index (χ1v) is 19.7. The average Bonchev–Trinajstić information content (AvgIpc) is 3.31. The minimum Gasteiger partial charge on any atom is -0.208 e. The Labute approximate surface area is 336 Å². The van der Waals surface area contributed by atoms with Gasteiger partial charge in [0, 0.05) is 16.7 Å². The van der Waals surface area contributed by atoms with Crippen molar-refractivity contribution in [2.24, 2.45) is 0 Å². The third-order valence-corrected chi connectivity index (χ3v) is 11.3. The number of nitrogens with zero attached hydrogens (tertiary/aromatic N) is 3. The summed E-state index contributed by atoms with van der Waals surface area (Å²) in [5.41, 5.74) is 10.0. The van der Waals surface area contributed by atoms with Crippen LogP contribution in [0.4, 0.5) is 0 Å². The summed E-state index contributed by atoms with van der Waals surface area (Å²) in [6.45, 7) is 0. The third-order valence-electron chi connectivity index (χ3n) is 11.3. The fraction of sp³-hybridized carbons (Fsp3) is 0. The van der Waals surface area contributed by atoms with Gasteiger partial charge >= 0.3 is 0 Å². The van der Waals surface area contributed by atoms with Gasteiger partial charge in [0.05, 0.1) is 0 Å². The number of aromatic nitrogens is 3. The van der Waals surface area contributed by atoms with Crippen LogP contribution in [0.3, 0.4) is 0 Å². The number of fused-ring (bicyclic) bond motifs is 4. The molecule has 10 aromatic carbocycles. The fourth-order valence-electron chi connectivity index (χ4n) is 8.57. The molecule has 0 saturated heterocycles. The quantitative estimate of drug-likeness (QED) is 0.160. The highest BCUT2D eigenvalue weighted by molar-refractivity contribution is 6.24. The predicted octanol–water partition coefficient (Wildman–Crippen LogP) is 14.5. The Kier molecular flexibility index (Phi) is 8.15. The summed E-state index contributed by atoms with van der Waals surface area (Å²) in [6.07, 6.45) is 0. The first-order chi connectivity index (χ1) is 28.8. The van der Waals surface area contributed by atoms with E-state index in [-0.39, 0.29) is 0 Å². The molecular weight excluding hydrogens is 703 g/mol. The molecule has 0 aliphatic heterocycles. The molecule has 0 fully saturated rings. The summed E-state index contributed by atoms with van der Waals surface area (Å²) >= 11 is 0. The van der Waals surface area contributed by atoms with Crippen molar-refractivity contribution in [3.8, 4) is 67.5 Å². The van der Waals surface area contributed by atoms with Crippen LogP contribution >= 0.6 is 0 Å². The van der Waals surface area contributed by atoms with E-state index in [0.29, 0.717) is 17.5 Å². The lowest BCUT2D eigenvalue weighted by Crippen LogP contribution is -2.01. The summed E-state index contributed by atoms with van der Waals surface area (Å²) in [5.74, 6) is 1.92. The lowest BCUT2D eigenvalue weighted by atomic mass is 9.84. The first-order valence-electron chi connectivity index (χ1n) is 19.7. The molecule has 11 aromatic rings. The highest BCUT2D eigenvalue weighted by Crippen LogP contribution is 2.46. The van der Waals surface area contributed by atoms with Crippen LogP contribution < -0.4 is 0 Å². The molecule has 0 aliphatic carbocycles. The summed E-state index contributed by atoms with van der Waals surface area (Å²) in [4.78, 5) is 15.4. The number of rotatable bonds is 6. The maximum atomic E-state index is 5.20. The summed E-state index contributed by atoms with van der Waals surface area (Å²) in [7, 11) is 0. The smallest absolute Gasteiger partial charge is 0.164 e. The topological polar surface area (TPSA) is 38.7 Å². The molecule has 58 heavy (non-hydrogen) atoms. The molecule has 0 radical (unpaired) electrons. The van der Waals surface area contributed by atoms with Gasteiger partial charge in [0.1, 0.15) is 0 Å². The largest absolute Gasteiger partial charge is 0.208 e. The zero-order valence-corrected chi connectivity index (χ0v) is 31.5. The van der Waals surface area contributed by atoms with Crippen LogP contribution in [0.1, 0.15) is 0 Å². The van der Waals surface area contributed by atoms with E-state index >= 15 is 0 Å². The third kappa shape index (κ3) is 5.80. The molecule has 1 aromatic heterocycles. The second-order valence-corrected chi connectivity index (χ2v) is 14.7. The molecule has 3 nitrogen and oxygen atoms in total. The maximum Gasteiger partial charge on any atom is 0.164 e. The van der Waals surface area contributed by atoms with Crippen molar-refractivity contribution in [3.63, 3.8) is 0 Å². The van der Waals surface area contributed by atoms with Gasteiger partial charge in [-0.1, -0.05) is 200 Å². The Balaban J connectivity index is 1.11. The molecule has 0 atom stereocenters. The van der Waals surface area contributed by atoms with E-state index in [4.69, 9.17) is 15.0 Å². The van der Waals surface area contributed by atoms with Crippen LogP contribution in [0.25, 0.3) is 111 Å². The molecule has 0 bridgehead atoms. The Hall–Kier alpha value is -7.75. The second kappa shape index (κ2) is 14.1. The van der Waals surface area contributed by atoms with Crippen LogP contribution in [0.2, 0.25) is 0 Å². The van der Waals surface area contributed by atoms with Crippen molar-refractivity contribution in [3.05, 3.63) is 212 Å². The Morgan fingerprint density at radius 2 is 0.621 bits per heavy atom. The van der Waals surface area contributed by atoms with Crippen molar-refractivity contribution in [1.29, 1.82) is 0 Å². The van der Waals surface area contributed by atoms with E-state index < -0.39 is 0 Å². The van der Waals surface area contributed by atoms with Gasteiger partial charge in [-0.2, -0.15) is 0 Å². The fourth-order valence-corrected chi connectivity index (χ4v) is 8.57. The summed E-state index contributed by atoms with van der Waals surface area (Å²) in [5, 5.41) is 9.60. The summed E-state index contributed by atoms with van der Waals surface area (Å²) in [6, 6.07) is 75.4. The van der Waals surface area contributed by atoms with Gasteiger partial charge < -0.3 is 0 Å². The average molecular weight is 738 g/mol.